The van der Waals surface area contributed by atoms with Crippen LogP contribution < -0.4 is 10.5 Å². The first-order chi connectivity index (χ1) is 15.3. The number of aliphatic hydroxyl groups excluding tert-OH is 1. The number of ether oxygens (including phenoxy) is 2. The molecule has 1 aliphatic heterocycles. The number of fused-ring (bicyclic) bond motifs is 4. The zero-order valence-corrected chi connectivity index (χ0v) is 16.9. The van der Waals surface area contributed by atoms with Crippen molar-refractivity contribution in [1.82, 2.24) is 4.98 Å². The summed E-state index contributed by atoms with van der Waals surface area (Å²) in [5.41, 5.74) is 5.94. The van der Waals surface area contributed by atoms with E-state index in [0.29, 0.717) is 0 Å². The number of hydrogen-bond donors (Lipinski definition) is 3. The summed E-state index contributed by atoms with van der Waals surface area (Å²) in [5, 5.41) is 21.3. The Hall–Kier alpha value is -3.40. The van der Waals surface area contributed by atoms with Crippen molar-refractivity contribution in [2.45, 2.75) is 37.6 Å². The number of phenols is 1. The van der Waals surface area contributed by atoms with E-state index in [1.54, 1.807) is 30.3 Å². The van der Waals surface area contributed by atoms with Crippen LogP contribution in [0.2, 0.25) is 0 Å². The molecular formula is C23H19FN2O6. The summed E-state index contributed by atoms with van der Waals surface area (Å²) in [4.78, 5) is 30.7. The second kappa shape index (κ2) is 7.33. The summed E-state index contributed by atoms with van der Waals surface area (Å²) in [6, 6.07) is 8.16. The molecule has 0 bridgehead atoms. The van der Waals surface area contributed by atoms with Crippen LogP contribution >= 0.6 is 0 Å². The molecule has 4 N–H and O–H groups in total. The Labute approximate surface area is 181 Å². The molecule has 1 saturated heterocycles. The first-order valence-electron chi connectivity index (χ1n) is 10.0. The van der Waals surface area contributed by atoms with Crippen molar-refractivity contribution in [3.8, 4) is 11.5 Å². The summed E-state index contributed by atoms with van der Waals surface area (Å²) in [7, 11) is 0. The Kier molecular flexibility index (Phi) is 4.70. The Balaban J connectivity index is 1.70. The molecule has 5 atom stereocenters. The zero-order chi connectivity index (χ0) is 22.7. The van der Waals surface area contributed by atoms with E-state index in [4.69, 9.17) is 15.2 Å². The molecule has 2 aliphatic rings. The van der Waals surface area contributed by atoms with Gasteiger partial charge < -0.3 is 25.4 Å². The molecule has 8 nitrogen and oxygen atoms in total. The Morgan fingerprint density at radius 1 is 1.09 bits per heavy atom. The molecule has 2 aromatic carbocycles. The summed E-state index contributed by atoms with van der Waals surface area (Å²) in [5.74, 6) is -1.94. The quantitative estimate of drug-likeness (QED) is 0.432. The van der Waals surface area contributed by atoms with Gasteiger partial charge in [0.1, 0.15) is 5.52 Å². The van der Waals surface area contributed by atoms with Gasteiger partial charge in [0.15, 0.2) is 29.2 Å². The van der Waals surface area contributed by atoms with Gasteiger partial charge in [-0.2, -0.15) is 0 Å². The van der Waals surface area contributed by atoms with E-state index in [2.05, 4.69) is 4.98 Å². The number of ketones is 2. The van der Waals surface area contributed by atoms with Crippen molar-refractivity contribution in [1.29, 1.82) is 0 Å². The number of rotatable bonds is 2. The number of halogens is 1. The number of carbonyl (C=O) groups is 2. The maximum atomic E-state index is 14.8. The van der Waals surface area contributed by atoms with E-state index >= 15 is 0 Å². The maximum absolute atomic E-state index is 14.8. The lowest BCUT2D eigenvalue weighted by molar-refractivity contribution is -0.219. The van der Waals surface area contributed by atoms with Crippen molar-refractivity contribution in [3.63, 3.8) is 0 Å². The van der Waals surface area contributed by atoms with Gasteiger partial charge in [0.2, 0.25) is 6.29 Å². The van der Waals surface area contributed by atoms with Crippen LogP contribution in [0, 0.1) is 0 Å². The van der Waals surface area contributed by atoms with E-state index in [-0.39, 0.29) is 38.9 Å². The van der Waals surface area contributed by atoms with Crippen LogP contribution in [0.1, 0.15) is 38.8 Å². The van der Waals surface area contributed by atoms with Gasteiger partial charge in [-0.3, -0.25) is 14.6 Å². The molecule has 1 aromatic heterocycles. The molecule has 1 fully saturated rings. The van der Waals surface area contributed by atoms with Crippen molar-refractivity contribution in [2.24, 2.45) is 5.73 Å². The van der Waals surface area contributed by atoms with E-state index in [0.717, 1.165) is 0 Å². The lowest BCUT2D eigenvalue weighted by Crippen LogP contribution is -2.60. The lowest BCUT2D eigenvalue weighted by atomic mass is 9.81. The van der Waals surface area contributed by atoms with Crippen LogP contribution in [0.15, 0.2) is 42.6 Å². The highest BCUT2D eigenvalue weighted by molar-refractivity contribution is 6.33. The highest BCUT2D eigenvalue weighted by atomic mass is 19.1. The predicted octanol–water partition coefficient (Wildman–Crippen LogP) is 1.87. The Morgan fingerprint density at radius 2 is 1.75 bits per heavy atom. The number of hydrogen-bond acceptors (Lipinski definition) is 8. The van der Waals surface area contributed by atoms with Crippen LogP contribution in [-0.4, -0.2) is 57.5 Å². The van der Waals surface area contributed by atoms with E-state index in [1.165, 1.54) is 19.2 Å². The van der Waals surface area contributed by atoms with E-state index in [1.807, 2.05) is 0 Å². The molecule has 0 amide bonds. The van der Waals surface area contributed by atoms with Gasteiger partial charge >= 0.3 is 0 Å². The first-order valence-corrected chi connectivity index (χ1v) is 10.0. The number of nitrogens with two attached hydrogens (primary N) is 1. The average molecular weight is 438 g/mol. The average Bonchev–Trinajstić information content (AvgIpc) is 2.80. The molecule has 2 heterocycles. The second-order valence-electron chi connectivity index (χ2n) is 7.87. The van der Waals surface area contributed by atoms with Crippen molar-refractivity contribution >= 4 is 22.5 Å². The van der Waals surface area contributed by atoms with Gasteiger partial charge in [-0.1, -0.05) is 30.3 Å². The molecule has 3 aromatic rings. The molecule has 0 radical (unpaired) electrons. The third kappa shape index (κ3) is 2.82. The number of benzene rings is 2. The zero-order valence-electron chi connectivity index (χ0n) is 16.9. The normalized spacial score (nSPS) is 27.2. The topological polar surface area (TPSA) is 132 Å². The standard InChI is InChI=1S/C23H19FN2O6/c1-9-18(27)16(25)15(24)23(31-9)32-22-17-12(7-4-8-26-17)13-14(21(22)30)20(29)11-6-3-2-5-10(11)19(13)28/h2-9,15-16,18,23,27,30H,25H2,1H3/t9-,15+,16-,18+,23-/m0/s1. The maximum Gasteiger partial charge on any atom is 0.233 e. The molecule has 1 aliphatic carbocycles. The Morgan fingerprint density at radius 3 is 2.44 bits per heavy atom. The van der Waals surface area contributed by atoms with Crippen LogP contribution in [0.3, 0.4) is 0 Å². The van der Waals surface area contributed by atoms with Crippen LogP contribution in [0.4, 0.5) is 4.39 Å². The lowest BCUT2D eigenvalue weighted by Gasteiger charge is -2.38. The summed E-state index contributed by atoms with van der Waals surface area (Å²) >= 11 is 0. The second-order valence-corrected chi connectivity index (χ2v) is 7.87. The third-order valence-electron chi connectivity index (χ3n) is 5.95. The van der Waals surface area contributed by atoms with Gasteiger partial charge in [0, 0.05) is 28.3 Å². The largest absolute Gasteiger partial charge is 0.504 e. The van der Waals surface area contributed by atoms with Crippen molar-refractivity contribution in [2.75, 3.05) is 0 Å². The molecular weight excluding hydrogens is 419 g/mol. The molecule has 0 saturated carbocycles. The molecule has 0 unspecified atom stereocenters. The number of phenolic OH excluding ortho intramolecular Hbond substituents is 1. The Bertz CT molecular complexity index is 1280. The number of aromatic hydroxyl groups is 1. The SMILES string of the molecule is C[C@@H]1O[C@@H](Oc2c(O)c3c(c4cccnc24)C(=O)c2ccccc2C3=O)[C@H](F)[C@H](N)[C@@H]1O. The van der Waals surface area contributed by atoms with Gasteiger partial charge in [-0.05, 0) is 13.0 Å². The minimum Gasteiger partial charge on any atom is -0.504 e. The smallest absolute Gasteiger partial charge is 0.233 e. The van der Waals surface area contributed by atoms with Crippen LogP contribution in [-0.2, 0) is 4.74 Å². The number of alkyl halides is 1. The third-order valence-corrected chi connectivity index (χ3v) is 5.95. The predicted molar refractivity (Wildman–Crippen MR) is 111 cm³/mol. The molecule has 9 heteroatoms. The fourth-order valence-electron chi connectivity index (χ4n) is 4.24. The van der Waals surface area contributed by atoms with Crippen molar-refractivity contribution in [3.05, 3.63) is 64.8 Å². The highest BCUT2D eigenvalue weighted by Gasteiger charge is 2.45. The van der Waals surface area contributed by atoms with Gasteiger partial charge in [0.25, 0.3) is 0 Å². The highest BCUT2D eigenvalue weighted by Crippen LogP contribution is 2.45. The van der Waals surface area contributed by atoms with Crippen LogP contribution in [0.25, 0.3) is 10.9 Å². The van der Waals surface area contributed by atoms with Gasteiger partial charge in [0.05, 0.1) is 23.8 Å². The summed E-state index contributed by atoms with van der Waals surface area (Å²) in [6.07, 6.45) is -4.16. The van der Waals surface area contributed by atoms with Gasteiger partial charge in [-0.15, -0.1) is 0 Å². The number of nitrogens with zero attached hydrogens (tertiary/aromatic N) is 1. The fourth-order valence-corrected chi connectivity index (χ4v) is 4.24. The summed E-state index contributed by atoms with van der Waals surface area (Å²) in [6.45, 7) is 1.51. The monoisotopic (exact) mass is 438 g/mol. The number of aromatic nitrogens is 1. The van der Waals surface area contributed by atoms with Crippen LogP contribution in [0.5, 0.6) is 11.5 Å². The van der Waals surface area contributed by atoms with E-state index < -0.39 is 48.0 Å². The molecule has 164 valence electrons. The van der Waals surface area contributed by atoms with Gasteiger partial charge in [-0.25, -0.2) is 4.39 Å². The van der Waals surface area contributed by atoms with Crippen molar-refractivity contribution < 1.29 is 33.7 Å². The number of pyridine rings is 1. The molecule has 5 rings (SSSR count). The number of aliphatic hydroxyl groups is 1. The summed E-state index contributed by atoms with van der Waals surface area (Å²) < 4.78 is 25.9. The minimum atomic E-state index is -1.92. The molecule has 32 heavy (non-hydrogen) atoms. The first kappa shape index (κ1) is 20.5. The minimum absolute atomic E-state index is 0.00324. The van der Waals surface area contributed by atoms with E-state index in [9.17, 15) is 24.2 Å². The molecule has 0 spiro atoms. The number of carbonyl (C=O) groups excluding carboxylic acids is 2. The fraction of sp³-hybridized carbons (Fsp3) is 0.261.